The number of nitrogens with one attached hydrogen (secondary N) is 2. The fourth-order valence-electron chi connectivity index (χ4n) is 4.63. The van der Waals surface area contributed by atoms with Gasteiger partial charge < -0.3 is 10.1 Å². The van der Waals surface area contributed by atoms with Crippen molar-refractivity contribution in [2.45, 2.75) is 70.0 Å². The summed E-state index contributed by atoms with van der Waals surface area (Å²) in [5.41, 5.74) is 0. The van der Waals surface area contributed by atoms with Crippen LogP contribution in [0, 0.1) is 0 Å². The normalized spacial score (nSPS) is 34.2. The van der Waals surface area contributed by atoms with Crippen molar-refractivity contribution in [3.05, 3.63) is 22.4 Å². The van der Waals surface area contributed by atoms with Gasteiger partial charge in [0.1, 0.15) is 6.29 Å². The standard InChI is InChI=1S/C20H32N4O2S/c1-15-14-23(9-10-26-15)18-13-19(25)22-20(21-18)24-8-4-2-3-6-16(24)12-17-7-5-11-27-17/h5,7,11,15-16,18,20-21H,2-4,6,8-10,12-14H2,1H3,(H,22,25)/t15-,16-,18?,20?/m1/s1. The minimum absolute atomic E-state index is 0.0718. The van der Waals surface area contributed by atoms with Gasteiger partial charge in [-0.2, -0.15) is 0 Å². The predicted octanol–water partition coefficient (Wildman–Crippen LogP) is 1.98. The highest BCUT2D eigenvalue weighted by molar-refractivity contribution is 7.09. The van der Waals surface area contributed by atoms with Crippen LogP contribution in [0.1, 0.15) is 43.9 Å². The molecule has 1 aromatic rings. The molecule has 4 rings (SSSR count). The molecule has 3 aliphatic rings. The van der Waals surface area contributed by atoms with Crippen molar-refractivity contribution in [2.75, 3.05) is 26.2 Å². The van der Waals surface area contributed by atoms with Crippen molar-refractivity contribution < 1.29 is 9.53 Å². The molecule has 7 heteroatoms. The Hall–Kier alpha value is -0.990. The molecule has 6 nitrogen and oxygen atoms in total. The molecule has 0 aliphatic carbocycles. The fourth-order valence-corrected chi connectivity index (χ4v) is 5.41. The van der Waals surface area contributed by atoms with E-state index in [0.29, 0.717) is 12.5 Å². The van der Waals surface area contributed by atoms with Gasteiger partial charge in [-0.05, 0) is 37.6 Å². The lowest BCUT2D eigenvalue weighted by Gasteiger charge is -2.46. The molecule has 0 radical (unpaired) electrons. The summed E-state index contributed by atoms with van der Waals surface area (Å²) in [5, 5.41) is 9.13. The molecule has 4 atom stereocenters. The second kappa shape index (κ2) is 9.01. The SMILES string of the molecule is C[C@@H]1CN(C2CC(=O)NC(N3CCCCC[C@@H]3Cc3cccs3)N2)CCO1. The Kier molecular flexibility index (Phi) is 6.45. The first-order valence-electron chi connectivity index (χ1n) is 10.4. The van der Waals surface area contributed by atoms with E-state index in [-0.39, 0.29) is 24.5 Å². The molecule has 4 heterocycles. The zero-order chi connectivity index (χ0) is 18.6. The van der Waals surface area contributed by atoms with Crippen molar-refractivity contribution in [2.24, 2.45) is 0 Å². The van der Waals surface area contributed by atoms with Crippen molar-refractivity contribution in [1.29, 1.82) is 0 Å². The molecular weight excluding hydrogens is 360 g/mol. The summed E-state index contributed by atoms with van der Waals surface area (Å²) < 4.78 is 5.68. The highest BCUT2D eigenvalue weighted by atomic mass is 32.1. The van der Waals surface area contributed by atoms with Gasteiger partial charge in [0.25, 0.3) is 0 Å². The lowest BCUT2D eigenvalue weighted by atomic mass is 10.1. The second-order valence-electron chi connectivity index (χ2n) is 8.06. The van der Waals surface area contributed by atoms with E-state index in [0.717, 1.165) is 32.7 Å². The molecule has 0 spiro atoms. The van der Waals surface area contributed by atoms with Crippen LogP contribution in [0.3, 0.4) is 0 Å². The molecular formula is C20H32N4O2S. The van der Waals surface area contributed by atoms with Gasteiger partial charge in [0, 0.05) is 30.6 Å². The summed E-state index contributed by atoms with van der Waals surface area (Å²) in [5.74, 6) is 0.155. The van der Waals surface area contributed by atoms with Crippen molar-refractivity contribution in [3.8, 4) is 0 Å². The fraction of sp³-hybridized carbons (Fsp3) is 0.750. The Morgan fingerprint density at radius 3 is 3.04 bits per heavy atom. The van der Waals surface area contributed by atoms with E-state index in [4.69, 9.17) is 4.74 Å². The Labute approximate surface area is 166 Å². The van der Waals surface area contributed by atoms with Crippen LogP contribution in [-0.4, -0.2) is 66.5 Å². The van der Waals surface area contributed by atoms with E-state index < -0.39 is 0 Å². The van der Waals surface area contributed by atoms with Gasteiger partial charge in [0.05, 0.1) is 25.3 Å². The molecule has 3 saturated heterocycles. The summed E-state index contributed by atoms with van der Waals surface area (Å²) in [6.45, 7) is 5.67. The highest BCUT2D eigenvalue weighted by Gasteiger charge is 2.37. The smallest absolute Gasteiger partial charge is 0.225 e. The van der Waals surface area contributed by atoms with Gasteiger partial charge in [0.2, 0.25) is 5.91 Å². The molecule has 2 unspecified atom stereocenters. The first-order valence-corrected chi connectivity index (χ1v) is 11.3. The number of nitrogens with zero attached hydrogens (tertiary/aromatic N) is 2. The number of morpholine rings is 1. The third kappa shape index (κ3) is 4.90. The van der Waals surface area contributed by atoms with Gasteiger partial charge in [0.15, 0.2) is 0 Å². The third-order valence-electron chi connectivity index (χ3n) is 6.01. The van der Waals surface area contributed by atoms with Crippen LogP contribution < -0.4 is 10.6 Å². The third-order valence-corrected chi connectivity index (χ3v) is 6.91. The van der Waals surface area contributed by atoms with Crippen LogP contribution in [-0.2, 0) is 16.0 Å². The second-order valence-corrected chi connectivity index (χ2v) is 9.09. The molecule has 150 valence electrons. The maximum atomic E-state index is 12.5. The average molecular weight is 393 g/mol. The average Bonchev–Trinajstić information content (AvgIpc) is 3.05. The number of likely N-dealkylation sites (tertiary alicyclic amines) is 1. The van der Waals surface area contributed by atoms with E-state index in [1.165, 1.54) is 30.6 Å². The molecule has 1 amide bonds. The summed E-state index contributed by atoms with van der Waals surface area (Å²) in [7, 11) is 0. The van der Waals surface area contributed by atoms with Crippen LogP contribution in [0.4, 0.5) is 0 Å². The van der Waals surface area contributed by atoms with Crippen LogP contribution in [0.2, 0.25) is 0 Å². The molecule has 1 aromatic heterocycles. The van der Waals surface area contributed by atoms with Gasteiger partial charge in [-0.1, -0.05) is 18.9 Å². The Balaban J connectivity index is 1.47. The number of hydrogen-bond acceptors (Lipinski definition) is 6. The highest BCUT2D eigenvalue weighted by Crippen LogP contribution is 2.24. The molecule has 3 aliphatic heterocycles. The van der Waals surface area contributed by atoms with Gasteiger partial charge >= 0.3 is 0 Å². The maximum absolute atomic E-state index is 12.5. The number of thiophene rings is 1. The Morgan fingerprint density at radius 2 is 2.22 bits per heavy atom. The minimum atomic E-state index is -0.0718. The lowest BCUT2D eigenvalue weighted by Crippen LogP contribution is -2.69. The van der Waals surface area contributed by atoms with Gasteiger partial charge in [-0.15, -0.1) is 11.3 Å². The van der Waals surface area contributed by atoms with Crippen molar-refractivity contribution in [1.82, 2.24) is 20.4 Å². The van der Waals surface area contributed by atoms with Crippen molar-refractivity contribution >= 4 is 17.2 Å². The summed E-state index contributed by atoms with van der Waals surface area (Å²) in [6, 6.07) is 4.85. The van der Waals surface area contributed by atoms with Gasteiger partial charge in [-0.3, -0.25) is 19.9 Å². The largest absolute Gasteiger partial charge is 0.376 e. The topological polar surface area (TPSA) is 56.8 Å². The quantitative estimate of drug-likeness (QED) is 0.821. The van der Waals surface area contributed by atoms with Crippen molar-refractivity contribution in [3.63, 3.8) is 0 Å². The Morgan fingerprint density at radius 1 is 1.30 bits per heavy atom. The molecule has 3 fully saturated rings. The zero-order valence-electron chi connectivity index (χ0n) is 16.2. The van der Waals surface area contributed by atoms with Gasteiger partial charge in [-0.25, -0.2) is 0 Å². The van der Waals surface area contributed by atoms with E-state index in [1.54, 1.807) is 0 Å². The number of carbonyl (C=O) groups is 1. The molecule has 27 heavy (non-hydrogen) atoms. The van der Waals surface area contributed by atoms with Crippen LogP contribution in [0.25, 0.3) is 0 Å². The molecule has 0 saturated carbocycles. The first-order chi connectivity index (χ1) is 13.2. The molecule has 0 bridgehead atoms. The lowest BCUT2D eigenvalue weighted by molar-refractivity contribution is -0.133. The maximum Gasteiger partial charge on any atom is 0.225 e. The number of ether oxygens (including phenoxy) is 1. The van der Waals surface area contributed by atoms with E-state index in [1.807, 2.05) is 11.3 Å². The predicted molar refractivity (Wildman–Crippen MR) is 107 cm³/mol. The van der Waals surface area contributed by atoms with E-state index in [9.17, 15) is 4.79 Å². The molecule has 2 N–H and O–H groups in total. The first kappa shape index (κ1) is 19.3. The van der Waals surface area contributed by atoms with Crippen LogP contribution in [0.5, 0.6) is 0 Å². The summed E-state index contributed by atoms with van der Waals surface area (Å²) >= 11 is 1.84. The van der Waals surface area contributed by atoms with E-state index >= 15 is 0 Å². The van der Waals surface area contributed by atoms with Crippen LogP contribution >= 0.6 is 11.3 Å². The van der Waals surface area contributed by atoms with Crippen LogP contribution in [0.15, 0.2) is 17.5 Å². The number of carbonyl (C=O) groups excluding carboxylic acids is 1. The summed E-state index contributed by atoms with van der Waals surface area (Å²) in [4.78, 5) is 18.9. The minimum Gasteiger partial charge on any atom is -0.376 e. The number of hydrogen-bond donors (Lipinski definition) is 2. The summed E-state index contributed by atoms with van der Waals surface area (Å²) in [6.07, 6.45) is 6.81. The number of amides is 1. The van der Waals surface area contributed by atoms with E-state index in [2.05, 4.69) is 44.9 Å². The Bertz CT molecular complexity index is 611. The monoisotopic (exact) mass is 392 g/mol. The number of rotatable bonds is 4. The zero-order valence-corrected chi connectivity index (χ0v) is 17.0. The molecule has 0 aromatic carbocycles.